The van der Waals surface area contributed by atoms with E-state index in [-0.39, 0.29) is 0 Å². The molecule has 0 saturated heterocycles. The van der Waals surface area contributed by atoms with Crippen LogP contribution in [0, 0.1) is 0 Å². The third kappa shape index (κ3) is 4.38. The molecule has 2 rings (SSSR count). The highest BCUT2D eigenvalue weighted by Gasteiger charge is 2.04. The molecule has 104 valence electrons. The molecule has 0 heterocycles. The van der Waals surface area contributed by atoms with E-state index in [0.29, 0.717) is 0 Å². The molecule has 1 aromatic carbocycles. The molecule has 0 nitrogen and oxygen atoms in total. The van der Waals surface area contributed by atoms with Gasteiger partial charge < -0.3 is 0 Å². The third-order valence-corrected chi connectivity index (χ3v) is 3.96. The van der Waals surface area contributed by atoms with Crippen molar-refractivity contribution in [2.75, 3.05) is 0 Å². The molecule has 0 aliphatic heterocycles. The van der Waals surface area contributed by atoms with Gasteiger partial charge in [-0.1, -0.05) is 67.3 Å². The molecule has 0 amide bonds. The van der Waals surface area contributed by atoms with Crippen LogP contribution in [0.2, 0.25) is 0 Å². The lowest BCUT2D eigenvalue weighted by atomic mass is 9.94. The normalized spacial score (nSPS) is 14.4. The zero-order valence-electron chi connectivity index (χ0n) is 12.3. The Labute approximate surface area is 123 Å². The fourth-order valence-corrected chi connectivity index (χ4v) is 2.58. The first-order valence-corrected chi connectivity index (χ1v) is 7.54. The SMILES string of the molecule is C=CC1=CC=C(CCCCc2ccc(C=C)cc2)CC1. The minimum atomic E-state index is 1.17. The molecule has 0 aromatic heterocycles. The Kier molecular flexibility index (Phi) is 5.61. The molecule has 0 radical (unpaired) electrons. The number of benzene rings is 1. The second-order valence-corrected chi connectivity index (χ2v) is 5.42. The molecule has 0 fully saturated rings. The minimum absolute atomic E-state index is 1.17. The molecule has 1 aliphatic carbocycles. The molecule has 0 spiro atoms. The first-order valence-electron chi connectivity index (χ1n) is 7.54. The van der Waals surface area contributed by atoms with E-state index in [1.807, 2.05) is 12.2 Å². The number of aryl methyl sites for hydroxylation is 1. The van der Waals surface area contributed by atoms with Crippen LogP contribution in [0.3, 0.4) is 0 Å². The second-order valence-electron chi connectivity index (χ2n) is 5.42. The standard InChI is InChI=1S/C20H24/c1-3-17-9-13-19(14-10-17)7-5-6-8-20-15-11-18(4-2)12-16-20/h3-4,9-11,13-15H,1-2,5-8,12,16H2. The Morgan fingerprint density at radius 3 is 2.20 bits per heavy atom. The smallest absolute Gasteiger partial charge is 0.0242 e. The summed E-state index contributed by atoms with van der Waals surface area (Å²) in [6, 6.07) is 8.73. The van der Waals surface area contributed by atoms with Crippen LogP contribution < -0.4 is 0 Å². The largest absolute Gasteiger partial charge is 0.0988 e. The predicted octanol–water partition coefficient (Wildman–Crippen LogP) is 5.88. The van der Waals surface area contributed by atoms with Crippen molar-refractivity contribution in [2.24, 2.45) is 0 Å². The lowest BCUT2D eigenvalue weighted by Crippen LogP contribution is -1.93. The number of hydrogen-bond acceptors (Lipinski definition) is 0. The Balaban J connectivity index is 1.71. The van der Waals surface area contributed by atoms with Crippen LogP contribution >= 0.6 is 0 Å². The summed E-state index contributed by atoms with van der Waals surface area (Å²) < 4.78 is 0. The number of rotatable bonds is 7. The van der Waals surface area contributed by atoms with E-state index in [1.54, 1.807) is 5.57 Å². The summed E-state index contributed by atoms with van der Waals surface area (Å²) in [5.41, 5.74) is 5.60. The summed E-state index contributed by atoms with van der Waals surface area (Å²) in [6.07, 6.45) is 15.7. The second kappa shape index (κ2) is 7.69. The van der Waals surface area contributed by atoms with Crippen molar-refractivity contribution in [3.8, 4) is 0 Å². The molecular weight excluding hydrogens is 240 g/mol. The maximum Gasteiger partial charge on any atom is -0.0242 e. The summed E-state index contributed by atoms with van der Waals surface area (Å²) in [5, 5.41) is 0. The van der Waals surface area contributed by atoms with Gasteiger partial charge in [-0.05, 0) is 55.2 Å². The van der Waals surface area contributed by atoms with E-state index < -0.39 is 0 Å². The van der Waals surface area contributed by atoms with Crippen LogP contribution in [0.1, 0.15) is 43.2 Å². The summed E-state index contributed by atoms with van der Waals surface area (Å²) in [5.74, 6) is 0. The van der Waals surface area contributed by atoms with Gasteiger partial charge in [-0.25, -0.2) is 0 Å². The van der Waals surface area contributed by atoms with E-state index in [9.17, 15) is 0 Å². The van der Waals surface area contributed by atoms with E-state index in [0.717, 1.165) is 0 Å². The molecule has 0 N–H and O–H groups in total. The van der Waals surface area contributed by atoms with Gasteiger partial charge in [0.2, 0.25) is 0 Å². The topological polar surface area (TPSA) is 0 Å². The van der Waals surface area contributed by atoms with Crippen molar-refractivity contribution in [3.63, 3.8) is 0 Å². The average molecular weight is 264 g/mol. The average Bonchev–Trinajstić information content (AvgIpc) is 2.53. The van der Waals surface area contributed by atoms with E-state index in [4.69, 9.17) is 0 Å². The van der Waals surface area contributed by atoms with Crippen molar-refractivity contribution in [3.05, 3.63) is 77.9 Å². The van der Waals surface area contributed by atoms with Gasteiger partial charge in [0.1, 0.15) is 0 Å². The summed E-state index contributed by atoms with van der Waals surface area (Å²) in [7, 11) is 0. The molecular formula is C20H24. The number of hydrogen-bond donors (Lipinski definition) is 0. The van der Waals surface area contributed by atoms with Gasteiger partial charge in [0.25, 0.3) is 0 Å². The minimum Gasteiger partial charge on any atom is -0.0988 e. The fraction of sp³-hybridized carbons (Fsp3) is 0.300. The number of unbranched alkanes of at least 4 members (excludes halogenated alkanes) is 1. The van der Waals surface area contributed by atoms with Gasteiger partial charge in [0.15, 0.2) is 0 Å². The summed E-state index contributed by atoms with van der Waals surface area (Å²) in [6.45, 7) is 7.61. The quantitative estimate of drug-likeness (QED) is 0.540. The van der Waals surface area contributed by atoms with Crippen LogP contribution in [0.4, 0.5) is 0 Å². The molecule has 0 heteroatoms. The zero-order valence-corrected chi connectivity index (χ0v) is 12.3. The van der Waals surface area contributed by atoms with Crippen LogP contribution in [-0.2, 0) is 6.42 Å². The fourth-order valence-electron chi connectivity index (χ4n) is 2.58. The third-order valence-electron chi connectivity index (χ3n) is 3.96. The molecule has 1 aromatic rings. The predicted molar refractivity (Wildman–Crippen MR) is 89.7 cm³/mol. The van der Waals surface area contributed by atoms with Crippen molar-refractivity contribution in [2.45, 2.75) is 38.5 Å². The highest BCUT2D eigenvalue weighted by atomic mass is 14.1. The van der Waals surface area contributed by atoms with Gasteiger partial charge in [0.05, 0.1) is 0 Å². The summed E-state index contributed by atoms with van der Waals surface area (Å²) >= 11 is 0. The monoisotopic (exact) mass is 264 g/mol. The van der Waals surface area contributed by atoms with Crippen molar-refractivity contribution in [1.29, 1.82) is 0 Å². The van der Waals surface area contributed by atoms with E-state index >= 15 is 0 Å². The highest BCUT2D eigenvalue weighted by molar-refractivity contribution is 5.47. The molecule has 20 heavy (non-hydrogen) atoms. The molecule has 0 bridgehead atoms. The van der Waals surface area contributed by atoms with Gasteiger partial charge >= 0.3 is 0 Å². The van der Waals surface area contributed by atoms with Crippen LogP contribution in [0.25, 0.3) is 6.08 Å². The van der Waals surface area contributed by atoms with Crippen LogP contribution in [-0.4, -0.2) is 0 Å². The van der Waals surface area contributed by atoms with Gasteiger partial charge in [-0.15, -0.1) is 0 Å². The van der Waals surface area contributed by atoms with Gasteiger partial charge in [-0.3, -0.25) is 0 Å². The first kappa shape index (κ1) is 14.6. The highest BCUT2D eigenvalue weighted by Crippen LogP contribution is 2.23. The zero-order chi connectivity index (χ0) is 14.2. The van der Waals surface area contributed by atoms with Crippen LogP contribution in [0.5, 0.6) is 0 Å². The van der Waals surface area contributed by atoms with E-state index in [2.05, 4.69) is 49.6 Å². The summed E-state index contributed by atoms with van der Waals surface area (Å²) in [4.78, 5) is 0. The Bertz CT molecular complexity index is 511. The molecule has 0 atom stereocenters. The Hall–Kier alpha value is -1.82. The van der Waals surface area contributed by atoms with Crippen molar-refractivity contribution >= 4 is 6.08 Å². The number of allylic oxidation sites excluding steroid dienone is 5. The van der Waals surface area contributed by atoms with Crippen LogP contribution in [0.15, 0.2) is 66.8 Å². The van der Waals surface area contributed by atoms with Crippen molar-refractivity contribution < 1.29 is 0 Å². The maximum absolute atomic E-state index is 3.83. The lowest BCUT2D eigenvalue weighted by molar-refractivity contribution is 0.705. The lowest BCUT2D eigenvalue weighted by Gasteiger charge is -2.12. The van der Waals surface area contributed by atoms with E-state index in [1.165, 1.54) is 55.2 Å². The van der Waals surface area contributed by atoms with Crippen molar-refractivity contribution in [1.82, 2.24) is 0 Å². The Morgan fingerprint density at radius 1 is 0.850 bits per heavy atom. The molecule has 0 unspecified atom stereocenters. The molecule has 0 saturated carbocycles. The van der Waals surface area contributed by atoms with Gasteiger partial charge in [0, 0.05) is 0 Å². The first-order chi connectivity index (χ1) is 9.81. The van der Waals surface area contributed by atoms with Gasteiger partial charge in [-0.2, -0.15) is 0 Å². The maximum atomic E-state index is 3.83. The molecule has 1 aliphatic rings. The Morgan fingerprint density at radius 2 is 1.60 bits per heavy atom.